The van der Waals surface area contributed by atoms with Gasteiger partial charge in [0.25, 0.3) is 0 Å². The minimum absolute atomic E-state index is 0.190. The Morgan fingerprint density at radius 2 is 2.08 bits per heavy atom. The maximum absolute atomic E-state index is 6.35. The van der Waals surface area contributed by atoms with Crippen LogP contribution in [0.1, 0.15) is 39.5 Å². The molecule has 2 N–H and O–H groups in total. The van der Waals surface area contributed by atoms with Gasteiger partial charge in [0.2, 0.25) is 0 Å². The quantitative estimate of drug-likeness (QED) is 0.740. The largest absolute Gasteiger partial charge is 0.325 e. The fourth-order valence-corrected chi connectivity index (χ4v) is 3.90. The second-order valence-electron chi connectivity index (χ2n) is 5.29. The molecule has 1 unspecified atom stereocenters. The van der Waals surface area contributed by atoms with E-state index in [-0.39, 0.29) is 5.54 Å². The van der Waals surface area contributed by atoms with E-state index in [1.807, 2.05) is 0 Å². The lowest BCUT2D eigenvalue weighted by Gasteiger charge is -2.41. The van der Waals surface area contributed by atoms with E-state index in [0.717, 1.165) is 5.92 Å². The van der Waals surface area contributed by atoms with Gasteiger partial charge in [0.05, 0.1) is 0 Å². The van der Waals surface area contributed by atoms with E-state index in [0.29, 0.717) is 5.41 Å². The van der Waals surface area contributed by atoms with Gasteiger partial charge in [-0.15, -0.1) is 0 Å². The number of nitrogens with two attached hydrogens (primary N) is 1. The van der Waals surface area contributed by atoms with Crippen molar-refractivity contribution in [3.63, 3.8) is 0 Å². The normalized spacial score (nSPS) is 33.0. The molecule has 0 aromatic rings. The molecule has 1 aliphatic heterocycles. The van der Waals surface area contributed by atoms with Crippen LogP contribution in [0.15, 0.2) is 0 Å². The maximum Gasteiger partial charge on any atom is 0.0210 e. The number of thioether (sulfide) groups is 1. The standard InChI is InChI=1S/C11H21NS/c1-10(2,11(12)5-6-11)9-4-3-7-13-8-9/h9H,3-8,12H2,1-2H3. The maximum atomic E-state index is 6.35. The predicted molar refractivity (Wildman–Crippen MR) is 60.0 cm³/mol. The smallest absolute Gasteiger partial charge is 0.0210 e. The van der Waals surface area contributed by atoms with Gasteiger partial charge in [-0.05, 0) is 48.5 Å². The molecule has 2 aliphatic rings. The number of rotatable bonds is 2. The molecule has 0 radical (unpaired) electrons. The summed E-state index contributed by atoms with van der Waals surface area (Å²) in [5.74, 6) is 3.56. The Hall–Kier alpha value is 0.310. The van der Waals surface area contributed by atoms with Crippen LogP contribution in [-0.2, 0) is 0 Å². The Balaban J connectivity index is 2.04. The van der Waals surface area contributed by atoms with Crippen LogP contribution in [0.25, 0.3) is 0 Å². The summed E-state index contributed by atoms with van der Waals surface area (Å²) in [4.78, 5) is 0. The summed E-state index contributed by atoms with van der Waals surface area (Å²) in [6.07, 6.45) is 5.30. The molecule has 13 heavy (non-hydrogen) atoms. The average Bonchev–Trinajstić information content (AvgIpc) is 2.87. The monoisotopic (exact) mass is 199 g/mol. The molecule has 2 fully saturated rings. The molecule has 0 aromatic carbocycles. The molecule has 1 aliphatic carbocycles. The van der Waals surface area contributed by atoms with Crippen molar-refractivity contribution in [2.24, 2.45) is 17.1 Å². The summed E-state index contributed by atoms with van der Waals surface area (Å²) in [6.45, 7) is 4.77. The first kappa shape index (κ1) is 9.85. The topological polar surface area (TPSA) is 26.0 Å². The summed E-state index contributed by atoms with van der Waals surface area (Å²) in [5, 5.41) is 0. The van der Waals surface area contributed by atoms with E-state index >= 15 is 0 Å². The molecule has 0 bridgehead atoms. The Bertz CT molecular complexity index is 190. The number of hydrogen-bond donors (Lipinski definition) is 1. The third kappa shape index (κ3) is 1.63. The van der Waals surface area contributed by atoms with Crippen LogP contribution in [0.4, 0.5) is 0 Å². The summed E-state index contributed by atoms with van der Waals surface area (Å²) in [5.41, 5.74) is 6.91. The molecule has 76 valence electrons. The Morgan fingerprint density at radius 1 is 1.38 bits per heavy atom. The Kier molecular flexibility index (Phi) is 2.40. The second kappa shape index (κ2) is 3.16. The van der Waals surface area contributed by atoms with Crippen molar-refractivity contribution in [2.45, 2.75) is 45.1 Å². The van der Waals surface area contributed by atoms with E-state index < -0.39 is 0 Å². The summed E-state index contributed by atoms with van der Waals surface area (Å²) in [6, 6.07) is 0. The van der Waals surface area contributed by atoms with Gasteiger partial charge in [-0.25, -0.2) is 0 Å². The van der Waals surface area contributed by atoms with Gasteiger partial charge in [-0.1, -0.05) is 13.8 Å². The van der Waals surface area contributed by atoms with E-state index in [2.05, 4.69) is 25.6 Å². The molecule has 1 heterocycles. The average molecular weight is 199 g/mol. The van der Waals surface area contributed by atoms with E-state index in [4.69, 9.17) is 5.73 Å². The molecule has 0 aromatic heterocycles. The van der Waals surface area contributed by atoms with Crippen molar-refractivity contribution in [3.05, 3.63) is 0 Å². The lowest BCUT2D eigenvalue weighted by atomic mass is 9.70. The van der Waals surface area contributed by atoms with Crippen LogP contribution in [-0.4, -0.2) is 17.0 Å². The fourth-order valence-electron chi connectivity index (χ4n) is 2.50. The first-order valence-electron chi connectivity index (χ1n) is 5.43. The third-order valence-electron chi connectivity index (χ3n) is 4.25. The van der Waals surface area contributed by atoms with E-state index in [1.165, 1.54) is 37.2 Å². The molecular formula is C11H21NS. The van der Waals surface area contributed by atoms with Crippen molar-refractivity contribution in [2.75, 3.05) is 11.5 Å². The van der Waals surface area contributed by atoms with E-state index in [9.17, 15) is 0 Å². The molecule has 1 saturated heterocycles. The van der Waals surface area contributed by atoms with Crippen molar-refractivity contribution in [3.8, 4) is 0 Å². The van der Waals surface area contributed by atoms with Gasteiger partial charge in [0.1, 0.15) is 0 Å². The van der Waals surface area contributed by atoms with Crippen LogP contribution >= 0.6 is 11.8 Å². The van der Waals surface area contributed by atoms with Gasteiger partial charge < -0.3 is 5.73 Å². The third-order valence-corrected chi connectivity index (χ3v) is 5.47. The predicted octanol–water partition coefficient (Wildman–Crippen LogP) is 2.65. The van der Waals surface area contributed by atoms with Crippen molar-refractivity contribution < 1.29 is 0 Å². The minimum Gasteiger partial charge on any atom is -0.325 e. The molecular weight excluding hydrogens is 178 g/mol. The van der Waals surface area contributed by atoms with Gasteiger partial charge in [-0.3, -0.25) is 0 Å². The van der Waals surface area contributed by atoms with Gasteiger partial charge >= 0.3 is 0 Å². The molecule has 1 saturated carbocycles. The zero-order chi connectivity index (χ0) is 9.53. The van der Waals surface area contributed by atoms with Crippen LogP contribution in [0.2, 0.25) is 0 Å². The highest BCUT2D eigenvalue weighted by Crippen LogP contribution is 2.54. The van der Waals surface area contributed by atoms with Crippen LogP contribution in [0, 0.1) is 11.3 Å². The summed E-state index contributed by atoms with van der Waals surface area (Å²) >= 11 is 2.12. The molecule has 1 nitrogen and oxygen atoms in total. The van der Waals surface area contributed by atoms with Crippen LogP contribution < -0.4 is 5.73 Å². The molecule has 0 amide bonds. The molecule has 1 atom stereocenters. The van der Waals surface area contributed by atoms with Gasteiger partial charge in [-0.2, -0.15) is 11.8 Å². The molecule has 0 spiro atoms. The highest BCUT2D eigenvalue weighted by atomic mass is 32.2. The van der Waals surface area contributed by atoms with Crippen LogP contribution in [0.5, 0.6) is 0 Å². The van der Waals surface area contributed by atoms with Crippen LogP contribution in [0.3, 0.4) is 0 Å². The SMILES string of the molecule is CC(C)(C1CCCSC1)C1(N)CC1. The highest BCUT2D eigenvalue weighted by molar-refractivity contribution is 7.99. The zero-order valence-electron chi connectivity index (χ0n) is 8.81. The number of hydrogen-bond acceptors (Lipinski definition) is 2. The first-order chi connectivity index (χ1) is 6.06. The lowest BCUT2D eigenvalue weighted by molar-refractivity contribution is 0.156. The van der Waals surface area contributed by atoms with Crippen molar-refractivity contribution >= 4 is 11.8 Å². The minimum atomic E-state index is 0.190. The first-order valence-corrected chi connectivity index (χ1v) is 6.58. The van der Waals surface area contributed by atoms with Crippen molar-refractivity contribution in [1.82, 2.24) is 0 Å². The molecule has 2 rings (SSSR count). The van der Waals surface area contributed by atoms with Crippen molar-refractivity contribution in [1.29, 1.82) is 0 Å². The summed E-state index contributed by atoms with van der Waals surface area (Å²) in [7, 11) is 0. The summed E-state index contributed by atoms with van der Waals surface area (Å²) < 4.78 is 0. The zero-order valence-corrected chi connectivity index (χ0v) is 9.62. The van der Waals surface area contributed by atoms with E-state index in [1.54, 1.807) is 0 Å². The molecule has 2 heteroatoms. The Labute approximate surface area is 85.8 Å². The Morgan fingerprint density at radius 3 is 2.54 bits per heavy atom. The lowest BCUT2D eigenvalue weighted by Crippen LogP contribution is -2.46. The van der Waals surface area contributed by atoms with Gasteiger partial charge in [0, 0.05) is 5.54 Å². The fraction of sp³-hybridized carbons (Fsp3) is 1.00. The second-order valence-corrected chi connectivity index (χ2v) is 6.44. The highest BCUT2D eigenvalue weighted by Gasteiger charge is 2.54. The van der Waals surface area contributed by atoms with Gasteiger partial charge in [0.15, 0.2) is 0 Å².